The normalized spacial score (nSPS) is 11.7. The minimum absolute atomic E-state index is 0.109. The molecule has 0 aliphatic heterocycles. The Hall–Kier alpha value is -2.67. The maximum absolute atomic E-state index is 12.7. The van der Waals surface area contributed by atoms with Crippen LogP contribution in [0.25, 0.3) is 0 Å². The first-order chi connectivity index (χ1) is 10.6. The van der Waals surface area contributed by atoms with Crippen molar-refractivity contribution in [3.8, 4) is 0 Å². The van der Waals surface area contributed by atoms with Crippen LogP contribution >= 0.6 is 0 Å². The Labute approximate surface area is 125 Å². The van der Waals surface area contributed by atoms with E-state index in [9.17, 15) is 19.1 Å². The van der Waals surface area contributed by atoms with Crippen LogP contribution in [0, 0.1) is 5.82 Å². The second-order valence-corrected chi connectivity index (χ2v) is 4.54. The molecule has 1 atom stereocenters. The molecule has 0 aliphatic carbocycles. The van der Waals surface area contributed by atoms with Gasteiger partial charge in [-0.1, -0.05) is 0 Å². The van der Waals surface area contributed by atoms with Crippen LogP contribution in [0.5, 0.6) is 0 Å². The average molecular weight is 306 g/mol. The zero-order valence-corrected chi connectivity index (χ0v) is 11.6. The first kappa shape index (κ1) is 15.7. The van der Waals surface area contributed by atoms with Crippen molar-refractivity contribution in [1.82, 2.24) is 5.32 Å². The second kappa shape index (κ2) is 7.37. The number of aliphatic hydroxyl groups excluding tert-OH is 1. The van der Waals surface area contributed by atoms with E-state index in [0.29, 0.717) is 11.4 Å². The number of amides is 2. The Balaban J connectivity index is 1.74. The fraction of sp³-hybridized carbons (Fsp3) is 0.200. The summed E-state index contributed by atoms with van der Waals surface area (Å²) in [6.45, 7) is 0.109. The van der Waals surface area contributed by atoms with E-state index in [1.807, 2.05) is 0 Å². The zero-order valence-electron chi connectivity index (χ0n) is 11.6. The van der Waals surface area contributed by atoms with Crippen molar-refractivity contribution in [1.29, 1.82) is 0 Å². The maximum Gasteiger partial charge on any atom is 0.313 e. The van der Waals surface area contributed by atoms with Crippen molar-refractivity contribution >= 4 is 17.5 Å². The van der Waals surface area contributed by atoms with E-state index in [1.165, 1.54) is 30.5 Å². The smallest absolute Gasteiger partial charge is 0.313 e. The molecule has 6 nitrogen and oxygen atoms in total. The highest BCUT2D eigenvalue weighted by Gasteiger charge is 2.15. The van der Waals surface area contributed by atoms with Crippen LogP contribution in [0.3, 0.4) is 0 Å². The van der Waals surface area contributed by atoms with Crippen molar-refractivity contribution in [2.24, 2.45) is 0 Å². The van der Waals surface area contributed by atoms with Crippen molar-refractivity contribution in [3.05, 3.63) is 54.2 Å². The van der Waals surface area contributed by atoms with Crippen molar-refractivity contribution in [3.63, 3.8) is 0 Å². The molecule has 7 heteroatoms. The molecule has 2 aromatic rings. The van der Waals surface area contributed by atoms with E-state index < -0.39 is 23.7 Å². The third-order valence-corrected chi connectivity index (χ3v) is 2.88. The molecule has 1 aromatic carbocycles. The number of aliphatic hydroxyl groups is 1. The molecule has 0 bridgehead atoms. The molecule has 0 spiro atoms. The van der Waals surface area contributed by atoms with Crippen molar-refractivity contribution in [2.45, 2.75) is 12.5 Å². The molecule has 2 amide bonds. The highest BCUT2D eigenvalue weighted by Crippen LogP contribution is 2.15. The van der Waals surface area contributed by atoms with Crippen LogP contribution < -0.4 is 10.6 Å². The molecule has 3 N–H and O–H groups in total. The molecule has 1 heterocycles. The standard InChI is InChI=1S/C15H15FN2O4/c16-10-3-5-11(6-4-10)18-15(21)14(20)17-8-7-12(19)13-2-1-9-22-13/h1-6,9,12,19H,7-8H2,(H,17,20)(H,18,21). The van der Waals surface area contributed by atoms with Gasteiger partial charge in [0.1, 0.15) is 17.7 Å². The number of anilines is 1. The Morgan fingerprint density at radius 3 is 2.55 bits per heavy atom. The van der Waals surface area contributed by atoms with Gasteiger partial charge in [-0.2, -0.15) is 0 Å². The second-order valence-electron chi connectivity index (χ2n) is 4.54. The monoisotopic (exact) mass is 306 g/mol. The summed E-state index contributed by atoms with van der Waals surface area (Å²) in [7, 11) is 0. The van der Waals surface area contributed by atoms with Gasteiger partial charge < -0.3 is 20.2 Å². The molecular weight excluding hydrogens is 291 g/mol. The molecule has 0 aliphatic rings. The van der Waals surface area contributed by atoms with E-state index in [-0.39, 0.29) is 13.0 Å². The maximum atomic E-state index is 12.7. The summed E-state index contributed by atoms with van der Waals surface area (Å²) in [5.74, 6) is -1.74. The number of benzene rings is 1. The number of carbonyl (C=O) groups is 2. The quantitative estimate of drug-likeness (QED) is 0.732. The number of hydrogen-bond acceptors (Lipinski definition) is 4. The van der Waals surface area contributed by atoms with E-state index in [4.69, 9.17) is 4.42 Å². The van der Waals surface area contributed by atoms with E-state index in [0.717, 1.165) is 0 Å². The van der Waals surface area contributed by atoms with Crippen LogP contribution in [0.1, 0.15) is 18.3 Å². The summed E-state index contributed by atoms with van der Waals surface area (Å²) in [5.41, 5.74) is 0.317. The Morgan fingerprint density at radius 1 is 1.18 bits per heavy atom. The van der Waals surface area contributed by atoms with E-state index in [2.05, 4.69) is 10.6 Å². The fourth-order valence-corrected chi connectivity index (χ4v) is 1.75. The van der Waals surface area contributed by atoms with Crippen LogP contribution in [-0.4, -0.2) is 23.5 Å². The van der Waals surface area contributed by atoms with Crippen molar-refractivity contribution in [2.75, 3.05) is 11.9 Å². The van der Waals surface area contributed by atoms with Gasteiger partial charge >= 0.3 is 11.8 Å². The third kappa shape index (κ3) is 4.42. The summed E-state index contributed by atoms with van der Waals surface area (Å²) >= 11 is 0. The molecule has 2 rings (SSSR count). The lowest BCUT2D eigenvalue weighted by molar-refractivity contribution is -0.136. The lowest BCUT2D eigenvalue weighted by Crippen LogP contribution is -2.36. The SMILES string of the molecule is O=C(NCCC(O)c1ccco1)C(=O)Nc1ccc(F)cc1. The van der Waals surface area contributed by atoms with E-state index in [1.54, 1.807) is 12.1 Å². The molecule has 22 heavy (non-hydrogen) atoms. The molecule has 0 saturated carbocycles. The van der Waals surface area contributed by atoms with Gasteiger partial charge in [-0.15, -0.1) is 0 Å². The Morgan fingerprint density at radius 2 is 1.91 bits per heavy atom. The van der Waals surface area contributed by atoms with Gasteiger partial charge in [0, 0.05) is 12.2 Å². The molecule has 1 unspecified atom stereocenters. The lowest BCUT2D eigenvalue weighted by Gasteiger charge is -2.09. The molecule has 0 radical (unpaired) electrons. The number of nitrogens with one attached hydrogen (secondary N) is 2. The summed E-state index contributed by atoms with van der Waals surface area (Å²) in [6, 6.07) is 8.31. The summed E-state index contributed by atoms with van der Waals surface area (Å²) in [4.78, 5) is 23.2. The zero-order chi connectivity index (χ0) is 15.9. The third-order valence-electron chi connectivity index (χ3n) is 2.88. The number of hydrogen-bond donors (Lipinski definition) is 3. The van der Waals surface area contributed by atoms with Gasteiger partial charge in [-0.05, 0) is 42.8 Å². The average Bonchev–Trinajstić information content (AvgIpc) is 3.03. The minimum atomic E-state index is -0.862. The molecule has 116 valence electrons. The van der Waals surface area contributed by atoms with Gasteiger partial charge in [-0.3, -0.25) is 9.59 Å². The molecular formula is C15H15FN2O4. The largest absolute Gasteiger partial charge is 0.467 e. The van der Waals surface area contributed by atoms with Gasteiger partial charge in [-0.25, -0.2) is 4.39 Å². The lowest BCUT2D eigenvalue weighted by atomic mass is 10.2. The van der Waals surface area contributed by atoms with Crippen LogP contribution in [0.2, 0.25) is 0 Å². The van der Waals surface area contributed by atoms with Crippen molar-refractivity contribution < 1.29 is 23.5 Å². The number of carbonyl (C=O) groups excluding carboxylic acids is 2. The van der Waals surface area contributed by atoms with Crippen LogP contribution in [0.15, 0.2) is 47.1 Å². The molecule has 1 aromatic heterocycles. The molecule has 0 saturated heterocycles. The van der Waals surface area contributed by atoms with E-state index >= 15 is 0 Å². The molecule has 0 fully saturated rings. The Bertz CT molecular complexity index is 626. The highest BCUT2D eigenvalue weighted by molar-refractivity contribution is 6.39. The topological polar surface area (TPSA) is 91.6 Å². The summed E-state index contributed by atoms with van der Waals surface area (Å²) < 4.78 is 17.7. The van der Waals surface area contributed by atoms with Crippen LogP contribution in [0.4, 0.5) is 10.1 Å². The number of rotatable bonds is 5. The predicted octanol–water partition coefficient (Wildman–Crippen LogP) is 1.60. The number of halogens is 1. The van der Waals surface area contributed by atoms with Crippen LogP contribution in [-0.2, 0) is 9.59 Å². The highest BCUT2D eigenvalue weighted by atomic mass is 19.1. The fourth-order valence-electron chi connectivity index (χ4n) is 1.75. The minimum Gasteiger partial charge on any atom is -0.467 e. The predicted molar refractivity (Wildman–Crippen MR) is 76.3 cm³/mol. The van der Waals surface area contributed by atoms with Gasteiger partial charge in [0.2, 0.25) is 0 Å². The first-order valence-corrected chi connectivity index (χ1v) is 6.62. The Kier molecular flexibility index (Phi) is 5.26. The first-order valence-electron chi connectivity index (χ1n) is 6.62. The van der Waals surface area contributed by atoms with Gasteiger partial charge in [0.05, 0.1) is 6.26 Å². The summed E-state index contributed by atoms with van der Waals surface area (Å²) in [5, 5.41) is 14.5. The van der Waals surface area contributed by atoms with Gasteiger partial charge in [0.15, 0.2) is 0 Å². The van der Waals surface area contributed by atoms with Gasteiger partial charge in [0.25, 0.3) is 0 Å². The number of furan rings is 1. The summed E-state index contributed by atoms with van der Waals surface area (Å²) in [6.07, 6.45) is 0.798.